The van der Waals surface area contributed by atoms with E-state index in [-0.39, 0.29) is 36.7 Å². The molecule has 0 aromatic heterocycles. The van der Waals surface area contributed by atoms with Gasteiger partial charge >= 0.3 is 5.97 Å². The van der Waals surface area contributed by atoms with Crippen molar-refractivity contribution < 1.29 is 24.2 Å². The summed E-state index contributed by atoms with van der Waals surface area (Å²) in [7, 11) is 3.40. The minimum absolute atomic E-state index is 0.0882. The number of benzene rings is 2. The molecule has 1 atom stereocenters. The van der Waals surface area contributed by atoms with E-state index in [0.29, 0.717) is 17.9 Å². The predicted octanol–water partition coefficient (Wildman–Crippen LogP) is 5.50. The summed E-state index contributed by atoms with van der Waals surface area (Å²) in [5.41, 5.74) is 0.106. The second-order valence-electron chi connectivity index (χ2n) is 8.79. The molecule has 2 aromatic rings. The lowest BCUT2D eigenvalue weighted by Gasteiger charge is -2.34. The fourth-order valence-corrected chi connectivity index (χ4v) is 4.11. The maximum absolute atomic E-state index is 13.5. The molecule has 0 bridgehead atoms. The van der Waals surface area contributed by atoms with Crippen molar-refractivity contribution >= 4 is 11.8 Å². The number of hydrogen-bond acceptors (Lipinski definition) is 5. The number of para-hydroxylation sites is 1. The molecule has 0 aliphatic heterocycles. The summed E-state index contributed by atoms with van der Waals surface area (Å²) in [6, 6.07) is 19.1. The van der Waals surface area contributed by atoms with Crippen molar-refractivity contribution in [3.8, 4) is 5.75 Å². The van der Waals surface area contributed by atoms with Gasteiger partial charge in [-0.3, -0.25) is 4.79 Å². The van der Waals surface area contributed by atoms with E-state index in [0.717, 1.165) is 12.8 Å². The summed E-state index contributed by atoms with van der Waals surface area (Å²) < 4.78 is 11.9. The van der Waals surface area contributed by atoms with Crippen LogP contribution in [0.4, 0.5) is 0 Å². The van der Waals surface area contributed by atoms with E-state index in [1.165, 1.54) is 5.56 Å². The molecule has 0 radical (unpaired) electrons. The summed E-state index contributed by atoms with van der Waals surface area (Å²) in [5, 5.41) is 10.3. The standard InChI is InChI=1S/C29H37NO5/c1-6-29(26(31)22(2)3,19-21-34-20-13-16-23-14-9-7-10-15-23)25(28(32)33)27(30(4)5)35-24-17-11-8-12-18-24/h7-12,14-15,17-18H,2,6,13,16,19-21H2,1,3-5H3,(H,32,33). The lowest BCUT2D eigenvalue weighted by molar-refractivity contribution is -0.138. The van der Waals surface area contributed by atoms with E-state index in [4.69, 9.17) is 9.47 Å². The summed E-state index contributed by atoms with van der Waals surface area (Å²) in [6.45, 7) is 8.01. The van der Waals surface area contributed by atoms with Crippen molar-refractivity contribution in [2.45, 2.75) is 39.5 Å². The highest BCUT2D eigenvalue weighted by Gasteiger charge is 2.46. The average molecular weight is 480 g/mol. The third-order valence-electron chi connectivity index (χ3n) is 5.97. The Morgan fingerprint density at radius 3 is 2.11 bits per heavy atom. The molecule has 1 unspecified atom stereocenters. The number of carboxylic acids is 1. The van der Waals surface area contributed by atoms with Crippen LogP contribution in [0.15, 0.2) is 84.3 Å². The van der Waals surface area contributed by atoms with Crippen LogP contribution in [0.2, 0.25) is 0 Å². The largest absolute Gasteiger partial charge is 0.478 e. The topological polar surface area (TPSA) is 76.1 Å². The van der Waals surface area contributed by atoms with Gasteiger partial charge in [-0.25, -0.2) is 4.79 Å². The van der Waals surface area contributed by atoms with Gasteiger partial charge < -0.3 is 19.5 Å². The molecule has 0 heterocycles. The number of carbonyl (C=O) groups excluding carboxylic acids is 1. The van der Waals surface area contributed by atoms with Gasteiger partial charge in [0.05, 0.1) is 5.41 Å². The molecule has 35 heavy (non-hydrogen) atoms. The van der Waals surface area contributed by atoms with E-state index in [1.54, 1.807) is 50.2 Å². The van der Waals surface area contributed by atoms with Crippen LogP contribution in [0, 0.1) is 5.41 Å². The Kier molecular flexibility index (Phi) is 10.7. The van der Waals surface area contributed by atoms with E-state index in [9.17, 15) is 14.7 Å². The number of carbonyl (C=O) groups is 2. The number of nitrogens with zero attached hydrogens (tertiary/aromatic N) is 1. The van der Waals surface area contributed by atoms with Gasteiger partial charge in [0.2, 0.25) is 5.88 Å². The van der Waals surface area contributed by atoms with Crippen molar-refractivity contribution in [2.75, 3.05) is 27.3 Å². The Balaban J connectivity index is 2.32. The predicted molar refractivity (Wildman–Crippen MR) is 138 cm³/mol. The second-order valence-corrected chi connectivity index (χ2v) is 8.79. The van der Waals surface area contributed by atoms with Crippen LogP contribution in [0.1, 0.15) is 38.7 Å². The summed E-state index contributed by atoms with van der Waals surface area (Å²) in [4.78, 5) is 27.8. The van der Waals surface area contributed by atoms with Gasteiger partial charge in [0.1, 0.15) is 11.3 Å². The molecule has 0 aliphatic rings. The number of ether oxygens (including phenoxy) is 2. The van der Waals surface area contributed by atoms with Gasteiger partial charge in [-0.05, 0) is 55.9 Å². The molecule has 0 spiro atoms. The summed E-state index contributed by atoms with van der Waals surface area (Å²) in [6.07, 6.45) is 2.19. The Labute approximate surface area is 208 Å². The Morgan fingerprint density at radius 1 is 1.00 bits per heavy atom. The van der Waals surface area contributed by atoms with Crippen LogP contribution in [-0.4, -0.2) is 49.1 Å². The second kappa shape index (κ2) is 13.5. The molecule has 0 aliphatic carbocycles. The van der Waals surface area contributed by atoms with Crippen molar-refractivity contribution in [2.24, 2.45) is 5.41 Å². The minimum Gasteiger partial charge on any atom is -0.478 e. The first-order valence-corrected chi connectivity index (χ1v) is 11.9. The zero-order chi connectivity index (χ0) is 25.8. The van der Waals surface area contributed by atoms with Crippen LogP contribution in [0.5, 0.6) is 5.75 Å². The molecule has 0 saturated carbocycles. The Hall–Kier alpha value is -3.38. The zero-order valence-corrected chi connectivity index (χ0v) is 21.3. The van der Waals surface area contributed by atoms with Crippen LogP contribution >= 0.6 is 0 Å². The van der Waals surface area contributed by atoms with E-state index < -0.39 is 11.4 Å². The molecule has 6 heteroatoms. The van der Waals surface area contributed by atoms with Gasteiger partial charge in [-0.15, -0.1) is 0 Å². The SMILES string of the molecule is C=C(C)C(=O)C(CC)(CCOCCCc1ccccc1)C(C(=O)O)=C(Oc1ccccc1)N(C)C. The number of carboxylic acid groups (broad SMARTS) is 1. The lowest BCUT2D eigenvalue weighted by atomic mass is 9.69. The van der Waals surface area contributed by atoms with Gasteiger partial charge in [0.25, 0.3) is 0 Å². The third kappa shape index (κ3) is 7.55. The fourth-order valence-electron chi connectivity index (χ4n) is 4.11. The van der Waals surface area contributed by atoms with E-state index in [2.05, 4.69) is 18.7 Å². The first-order valence-electron chi connectivity index (χ1n) is 11.9. The zero-order valence-electron chi connectivity index (χ0n) is 21.3. The van der Waals surface area contributed by atoms with E-state index in [1.807, 2.05) is 31.2 Å². The molecule has 0 amide bonds. The Morgan fingerprint density at radius 2 is 1.60 bits per heavy atom. The normalized spacial score (nSPS) is 13.4. The maximum Gasteiger partial charge on any atom is 0.338 e. The van der Waals surface area contributed by atoms with Crippen molar-refractivity contribution in [3.05, 3.63) is 89.8 Å². The third-order valence-corrected chi connectivity index (χ3v) is 5.97. The summed E-state index contributed by atoms with van der Waals surface area (Å²) in [5.74, 6) is -0.921. The molecular weight excluding hydrogens is 442 g/mol. The van der Waals surface area contributed by atoms with Crippen molar-refractivity contribution in [3.63, 3.8) is 0 Å². The molecule has 0 saturated heterocycles. The highest BCUT2D eigenvalue weighted by molar-refractivity contribution is 6.07. The van der Waals surface area contributed by atoms with Gasteiger partial charge in [0, 0.05) is 27.3 Å². The van der Waals surface area contributed by atoms with Crippen LogP contribution in [0.3, 0.4) is 0 Å². The van der Waals surface area contributed by atoms with Gasteiger partial charge in [-0.2, -0.15) is 0 Å². The smallest absolute Gasteiger partial charge is 0.338 e. The quantitative estimate of drug-likeness (QED) is 0.206. The van der Waals surface area contributed by atoms with Crippen LogP contribution in [-0.2, 0) is 20.7 Å². The van der Waals surface area contributed by atoms with E-state index >= 15 is 0 Å². The first-order chi connectivity index (χ1) is 16.7. The highest BCUT2D eigenvalue weighted by Crippen LogP contribution is 2.41. The minimum atomic E-state index is -1.34. The number of hydrogen-bond donors (Lipinski definition) is 1. The number of ketones is 1. The van der Waals surface area contributed by atoms with Crippen molar-refractivity contribution in [1.29, 1.82) is 0 Å². The van der Waals surface area contributed by atoms with Crippen molar-refractivity contribution in [1.82, 2.24) is 4.90 Å². The maximum atomic E-state index is 13.5. The Bertz CT molecular complexity index is 1010. The van der Waals surface area contributed by atoms with Crippen LogP contribution < -0.4 is 4.74 Å². The molecule has 188 valence electrons. The van der Waals surface area contributed by atoms with Gasteiger partial charge in [-0.1, -0.05) is 62.0 Å². The van der Waals surface area contributed by atoms with Gasteiger partial charge in [0.15, 0.2) is 5.78 Å². The number of Topliss-reactive ketones (excluding diaryl/α,β-unsaturated/α-hetero) is 1. The molecule has 0 fully saturated rings. The van der Waals surface area contributed by atoms with Crippen LogP contribution in [0.25, 0.3) is 0 Å². The number of aliphatic carboxylic acids is 1. The molecule has 2 rings (SSSR count). The number of aryl methyl sites for hydroxylation is 1. The molecule has 1 N–H and O–H groups in total. The molecule has 6 nitrogen and oxygen atoms in total. The molecule has 2 aromatic carbocycles. The first kappa shape index (κ1) is 27.9. The monoisotopic (exact) mass is 479 g/mol. The number of allylic oxidation sites excluding steroid dienone is 1. The average Bonchev–Trinajstić information content (AvgIpc) is 2.85. The highest BCUT2D eigenvalue weighted by atomic mass is 16.5. The summed E-state index contributed by atoms with van der Waals surface area (Å²) >= 11 is 0. The fraction of sp³-hybridized carbons (Fsp3) is 0.379. The lowest BCUT2D eigenvalue weighted by Crippen LogP contribution is -2.41. The molecular formula is C29H37NO5. The number of rotatable bonds is 15.